The van der Waals surface area contributed by atoms with Crippen molar-refractivity contribution in [3.63, 3.8) is 0 Å². The van der Waals surface area contributed by atoms with E-state index in [9.17, 15) is 18.4 Å². The van der Waals surface area contributed by atoms with Crippen LogP contribution in [0.4, 0.5) is 13.2 Å². The van der Waals surface area contributed by atoms with E-state index in [0.717, 1.165) is 17.3 Å². The first-order valence-electron chi connectivity index (χ1n) is 10.7. The summed E-state index contributed by atoms with van der Waals surface area (Å²) in [6, 6.07) is 19.5. The van der Waals surface area contributed by atoms with Gasteiger partial charge in [-0.2, -0.15) is 18.4 Å². The molecule has 3 aromatic rings. The van der Waals surface area contributed by atoms with Crippen LogP contribution in [0.2, 0.25) is 0 Å². The van der Waals surface area contributed by atoms with Crippen molar-refractivity contribution >= 4 is 0 Å². The predicted molar refractivity (Wildman–Crippen MR) is 120 cm³/mol. The Balaban J connectivity index is 1.84. The summed E-state index contributed by atoms with van der Waals surface area (Å²) in [5.74, 6) is 0.399. The number of hydrogen-bond donors (Lipinski definition) is 0. The summed E-state index contributed by atoms with van der Waals surface area (Å²) < 4.78 is 41.3. The van der Waals surface area contributed by atoms with Crippen LogP contribution in [0.15, 0.2) is 66.9 Å². The molecule has 1 aromatic heterocycles. The number of aromatic nitrogens is 1. The van der Waals surface area contributed by atoms with E-state index < -0.39 is 11.7 Å². The second-order valence-corrected chi connectivity index (χ2v) is 8.48. The Bertz CT molecular complexity index is 1080. The van der Waals surface area contributed by atoms with Crippen molar-refractivity contribution in [3.8, 4) is 6.07 Å². The van der Waals surface area contributed by atoms with Crippen LogP contribution in [-0.4, -0.2) is 15.5 Å². The number of alkyl halides is 3. The van der Waals surface area contributed by atoms with Gasteiger partial charge in [0.25, 0.3) is 0 Å². The van der Waals surface area contributed by atoms with Crippen LogP contribution < -0.4 is 0 Å². The molecule has 0 saturated carbocycles. The molecule has 0 bridgehead atoms. The van der Waals surface area contributed by atoms with Gasteiger partial charge in [0.2, 0.25) is 0 Å². The highest BCUT2D eigenvalue weighted by atomic mass is 19.4. The minimum absolute atomic E-state index is 0.249. The van der Waals surface area contributed by atoms with Crippen molar-refractivity contribution in [1.82, 2.24) is 9.47 Å². The molecule has 32 heavy (non-hydrogen) atoms. The summed E-state index contributed by atoms with van der Waals surface area (Å²) >= 11 is 0. The van der Waals surface area contributed by atoms with Crippen LogP contribution in [0.1, 0.15) is 48.7 Å². The fourth-order valence-corrected chi connectivity index (χ4v) is 3.75. The van der Waals surface area contributed by atoms with Gasteiger partial charge in [-0.25, -0.2) is 0 Å². The molecule has 1 atom stereocenters. The monoisotopic (exact) mass is 439 g/mol. The highest BCUT2D eigenvalue weighted by molar-refractivity contribution is 5.37. The molecule has 0 radical (unpaired) electrons. The molecule has 2 aromatic carbocycles. The summed E-state index contributed by atoms with van der Waals surface area (Å²) in [6.07, 6.45) is -2.45. The van der Waals surface area contributed by atoms with Gasteiger partial charge in [0, 0.05) is 37.6 Å². The number of benzene rings is 2. The number of halogens is 3. The Hall–Kier alpha value is -3.04. The Kier molecular flexibility index (Phi) is 7.42. The number of rotatable bonds is 8. The molecular weight excluding hydrogens is 411 g/mol. The molecule has 0 fully saturated rings. The molecule has 1 heterocycles. The van der Waals surface area contributed by atoms with Gasteiger partial charge in [0.05, 0.1) is 17.2 Å². The lowest BCUT2D eigenvalue weighted by molar-refractivity contribution is -0.137. The fourth-order valence-electron chi connectivity index (χ4n) is 3.75. The van der Waals surface area contributed by atoms with E-state index in [1.54, 1.807) is 6.07 Å². The zero-order valence-corrected chi connectivity index (χ0v) is 18.6. The van der Waals surface area contributed by atoms with Gasteiger partial charge in [0.15, 0.2) is 0 Å². The third-order valence-corrected chi connectivity index (χ3v) is 5.95. The summed E-state index contributed by atoms with van der Waals surface area (Å²) in [5, 5.41) is 9.47. The normalized spacial score (nSPS) is 12.8. The zero-order valence-electron chi connectivity index (χ0n) is 18.6. The Labute approximate surface area is 187 Å². The summed E-state index contributed by atoms with van der Waals surface area (Å²) in [5.41, 5.74) is 2.62. The smallest absolute Gasteiger partial charge is 0.346 e. The van der Waals surface area contributed by atoms with Crippen LogP contribution in [0.5, 0.6) is 0 Å². The maximum atomic E-state index is 13.1. The highest BCUT2D eigenvalue weighted by Gasteiger charge is 2.30. The number of hydrogen-bond acceptors (Lipinski definition) is 2. The first kappa shape index (κ1) is 23.6. The van der Waals surface area contributed by atoms with E-state index in [1.807, 2.05) is 47.2 Å². The van der Waals surface area contributed by atoms with E-state index >= 15 is 0 Å². The molecule has 3 rings (SSSR count). The standard InChI is InChI=1S/C26H28F3N3/c1-19(2)20(3)32(17-23-10-5-4-9-22(23)15-30)18-25-12-7-13-31(25)16-21-8-6-11-24(14-21)26(27,28)29/h4-14,19-20H,16-18H2,1-3H3. The molecule has 6 heteroatoms. The van der Waals surface area contributed by atoms with Crippen LogP contribution in [-0.2, 0) is 25.8 Å². The van der Waals surface area contributed by atoms with E-state index in [-0.39, 0.29) is 6.04 Å². The molecule has 1 unspecified atom stereocenters. The van der Waals surface area contributed by atoms with E-state index in [0.29, 0.717) is 36.7 Å². The zero-order chi connectivity index (χ0) is 23.3. The molecule has 0 N–H and O–H groups in total. The largest absolute Gasteiger partial charge is 0.416 e. The number of nitriles is 1. The topological polar surface area (TPSA) is 32.0 Å². The minimum Gasteiger partial charge on any atom is -0.346 e. The van der Waals surface area contributed by atoms with Crippen LogP contribution in [0.25, 0.3) is 0 Å². The molecular formula is C26H28F3N3. The molecule has 168 valence electrons. The van der Waals surface area contributed by atoms with Crippen molar-refractivity contribution in [2.45, 2.75) is 52.6 Å². The van der Waals surface area contributed by atoms with Crippen molar-refractivity contribution in [3.05, 3.63) is 94.8 Å². The second-order valence-electron chi connectivity index (χ2n) is 8.48. The van der Waals surface area contributed by atoms with Crippen molar-refractivity contribution in [1.29, 1.82) is 5.26 Å². The molecule has 0 aliphatic heterocycles. The molecule has 0 amide bonds. The average Bonchev–Trinajstić information content (AvgIpc) is 3.19. The maximum absolute atomic E-state index is 13.1. The van der Waals surface area contributed by atoms with E-state index in [1.165, 1.54) is 12.1 Å². The molecule has 3 nitrogen and oxygen atoms in total. The first-order valence-corrected chi connectivity index (χ1v) is 10.7. The molecule has 0 spiro atoms. The van der Waals surface area contributed by atoms with Crippen LogP contribution in [0.3, 0.4) is 0 Å². The Morgan fingerprint density at radius 1 is 0.969 bits per heavy atom. The molecule has 0 aliphatic rings. The predicted octanol–water partition coefficient (Wildman–Crippen LogP) is 6.47. The quantitative estimate of drug-likeness (QED) is 0.403. The number of nitrogens with zero attached hydrogens (tertiary/aromatic N) is 3. The van der Waals surface area contributed by atoms with E-state index in [4.69, 9.17) is 0 Å². The van der Waals surface area contributed by atoms with Crippen LogP contribution in [0, 0.1) is 17.2 Å². The average molecular weight is 440 g/mol. The summed E-state index contributed by atoms with van der Waals surface area (Å²) in [7, 11) is 0. The minimum atomic E-state index is -4.35. The Morgan fingerprint density at radius 2 is 1.72 bits per heavy atom. The summed E-state index contributed by atoms with van der Waals surface area (Å²) in [4.78, 5) is 2.32. The molecule has 0 saturated heterocycles. The lowest BCUT2D eigenvalue weighted by Crippen LogP contribution is -2.36. The lowest BCUT2D eigenvalue weighted by Gasteiger charge is -2.32. The van der Waals surface area contributed by atoms with Gasteiger partial charge in [0.1, 0.15) is 0 Å². The van der Waals surface area contributed by atoms with Gasteiger partial charge in [-0.05, 0) is 54.3 Å². The SMILES string of the molecule is CC(C)C(C)N(Cc1ccccc1C#N)Cc1cccn1Cc1cccc(C(F)(F)F)c1. The van der Waals surface area contributed by atoms with Crippen molar-refractivity contribution in [2.75, 3.05) is 0 Å². The van der Waals surface area contributed by atoms with Gasteiger partial charge in [-0.15, -0.1) is 0 Å². The summed E-state index contributed by atoms with van der Waals surface area (Å²) in [6.45, 7) is 8.11. The van der Waals surface area contributed by atoms with Gasteiger partial charge in [-0.3, -0.25) is 4.90 Å². The third-order valence-electron chi connectivity index (χ3n) is 5.95. The van der Waals surface area contributed by atoms with Gasteiger partial charge >= 0.3 is 6.18 Å². The second kappa shape index (κ2) is 10.1. The molecule has 0 aliphatic carbocycles. The van der Waals surface area contributed by atoms with Crippen molar-refractivity contribution < 1.29 is 13.2 Å². The van der Waals surface area contributed by atoms with Crippen LogP contribution >= 0.6 is 0 Å². The van der Waals surface area contributed by atoms with E-state index in [2.05, 4.69) is 31.7 Å². The van der Waals surface area contributed by atoms with Gasteiger partial charge in [-0.1, -0.05) is 44.2 Å². The third kappa shape index (κ3) is 5.80. The highest BCUT2D eigenvalue weighted by Crippen LogP contribution is 2.30. The van der Waals surface area contributed by atoms with Crippen molar-refractivity contribution in [2.24, 2.45) is 5.92 Å². The van der Waals surface area contributed by atoms with Gasteiger partial charge < -0.3 is 4.57 Å². The lowest BCUT2D eigenvalue weighted by atomic mass is 10.0. The first-order chi connectivity index (χ1) is 15.2. The maximum Gasteiger partial charge on any atom is 0.416 e. The fraction of sp³-hybridized carbons (Fsp3) is 0.346. The Morgan fingerprint density at radius 3 is 2.41 bits per heavy atom.